The van der Waals surface area contributed by atoms with Gasteiger partial charge in [0.15, 0.2) is 0 Å². The zero-order valence-electron chi connectivity index (χ0n) is 18.3. The standard InChI is InChI=1S/C24H31FN2O4/c1-26(24(29)17-30-2)22(16-18-5-7-20(25)8-6-18)19-11-13-27(14-12-19)23(28)10-9-21-4-3-15-31-21/h3-8,15,19,22H,9-14,16-17H2,1-2H3/t22-/m0/s1. The van der Waals surface area contributed by atoms with E-state index in [2.05, 4.69) is 0 Å². The van der Waals surface area contributed by atoms with Gasteiger partial charge in [0.1, 0.15) is 18.2 Å². The minimum Gasteiger partial charge on any atom is -0.469 e. The molecule has 1 atom stereocenters. The van der Waals surface area contributed by atoms with Crippen molar-refractivity contribution in [3.8, 4) is 0 Å². The molecule has 1 aromatic heterocycles. The molecule has 2 aromatic rings. The number of likely N-dealkylation sites (N-methyl/N-ethyl adjacent to an activating group) is 1. The largest absolute Gasteiger partial charge is 0.469 e. The van der Waals surface area contributed by atoms with Gasteiger partial charge in [0.2, 0.25) is 11.8 Å². The average molecular weight is 431 g/mol. The summed E-state index contributed by atoms with van der Waals surface area (Å²) in [6.07, 6.45) is 4.94. The van der Waals surface area contributed by atoms with Gasteiger partial charge in [-0.3, -0.25) is 9.59 Å². The van der Waals surface area contributed by atoms with Crippen LogP contribution < -0.4 is 0 Å². The number of carbonyl (C=O) groups excluding carboxylic acids is 2. The summed E-state index contributed by atoms with van der Waals surface area (Å²) in [6.45, 7) is 1.38. The van der Waals surface area contributed by atoms with Crippen molar-refractivity contribution < 1.29 is 23.1 Å². The van der Waals surface area contributed by atoms with Gasteiger partial charge in [0.05, 0.1) is 6.26 Å². The maximum absolute atomic E-state index is 13.3. The highest BCUT2D eigenvalue weighted by atomic mass is 19.1. The van der Waals surface area contributed by atoms with Gasteiger partial charge >= 0.3 is 0 Å². The van der Waals surface area contributed by atoms with Crippen LogP contribution >= 0.6 is 0 Å². The molecule has 0 N–H and O–H groups in total. The van der Waals surface area contributed by atoms with E-state index in [9.17, 15) is 14.0 Å². The van der Waals surface area contributed by atoms with E-state index in [1.807, 2.05) is 17.0 Å². The minimum atomic E-state index is -0.273. The van der Waals surface area contributed by atoms with Gasteiger partial charge in [-0.15, -0.1) is 0 Å². The van der Waals surface area contributed by atoms with Crippen molar-refractivity contribution in [2.75, 3.05) is 33.9 Å². The number of likely N-dealkylation sites (tertiary alicyclic amines) is 1. The van der Waals surface area contributed by atoms with Crippen molar-refractivity contribution >= 4 is 11.8 Å². The summed E-state index contributed by atoms with van der Waals surface area (Å²) in [5.74, 6) is 0.858. The third kappa shape index (κ3) is 6.40. The molecule has 1 aliphatic rings. The van der Waals surface area contributed by atoms with Crippen LogP contribution in [0.4, 0.5) is 4.39 Å². The van der Waals surface area contributed by atoms with E-state index in [0.717, 1.165) is 24.2 Å². The first-order chi connectivity index (χ1) is 15.0. The topological polar surface area (TPSA) is 63.0 Å². The van der Waals surface area contributed by atoms with E-state index in [-0.39, 0.29) is 36.2 Å². The maximum Gasteiger partial charge on any atom is 0.248 e. The predicted octanol–water partition coefficient (Wildman–Crippen LogP) is 3.31. The van der Waals surface area contributed by atoms with Gasteiger partial charge < -0.3 is 19.0 Å². The molecule has 7 heteroatoms. The van der Waals surface area contributed by atoms with E-state index < -0.39 is 0 Å². The molecule has 0 saturated carbocycles. The number of hydrogen-bond acceptors (Lipinski definition) is 4. The summed E-state index contributed by atoms with van der Waals surface area (Å²) >= 11 is 0. The lowest BCUT2D eigenvalue weighted by Gasteiger charge is -2.40. The van der Waals surface area contributed by atoms with Gasteiger partial charge in [-0.25, -0.2) is 4.39 Å². The van der Waals surface area contributed by atoms with Crippen molar-refractivity contribution in [2.24, 2.45) is 5.92 Å². The summed E-state index contributed by atoms with van der Waals surface area (Å²) in [7, 11) is 3.31. The van der Waals surface area contributed by atoms with E-state index in [0.29, 0.717) is 32.4 Å². The van der Waals surface area contributed by atoms with Crippen LogP contribution in [-0.4, -0.2) is 61.5 Å². The van der Waals surface area contributed by atoms with Crippen LogP contribution in [0, 0.1) is 11.7 Å². The number of hydrogen-bond donors (Lipinski definition) is 0. The Hall–Kier alpha value is -2.67. The third-order valence-corrected chi connectivity index (χ3v) is 6.12. The van der Waals surface area contributed by atoms with Crippen LogP contribution in [0.5, 0.6) is 0 Å². The molecule has 1 aromatic carbocycles. The Morgan fingerprint density at radius 1 is 1.23 bits per heavy atom. The van der Waals surface area contributed by atoms with Crippen LogP contribution in [-0.2, 0) is 27.2 Å². The number of carbonyl (C=O) groups is 2. The molecule has 31 heavy (non-hydrogen) atoms. The Morgan fingerprint density at radius 2 is 1.94 bits per heavy atom. The number of benzene rings is 1. The van der Waals surface area contributed by atoms with E-state index in [1.165, 1.54) is 19.2 Å². The first-order valence-electron chi connectivity index (χ1n) is 10.8. The molecule has 6 nitrogen and oxygen atoms in total. The fraction of sp³-hybridized carbons (Fsp3) is 0.500. The van der Waals surface area contributed by atoms with Crippen molar-refractivity contribution in [1.29, 1.82) is 0 Å². The molecule has 1 aliphatic heterocycles. The number of ether oxygens (including phenoxy) is 1. The fourth-order valence-corrected chi connectivity index (χ4v) is 4.27. The molecule has 0 aliphatic carbocycles. The normalized spacial score (nSPS) is 15.6. The molecule has 1 saturated heterocycles. The van der Waals surface area contributed by atoms with Gasteiger partial charge in [-0.05, 0) is 55.0 Å². The molecule has 1 fully saturated rings. The van der Waals surface area contributed by atoms with Crippen LogP contribution in [0.2, 0.25) is 0 Å². The van der Waals surface area contributed by atoms with Crippen LogP contribution in [0.3, 0.4) is 0 Å². The van der Waals surface area contributed by atoms with Gasteiger partial charge in [-0.2, -0.15) is 0 Å². The number of piperidine rings is 1. The first kappa shape index (κ1) is 23.0. The summed E-state index contributed by atoms with van der Waals surface area (Å²) in [4.78, 5) is 28.8. The molecule has 0 spiro atoms. The van der Waals surface area contributed by atoms with Crippen molar-refractivity contribution in [3.63, 3.8) is 0 Å². The Bertz CT molecular complexity index is 830. The number of halogens is 1. The lowest BCUT2D eigenvalue weighted by molar-refractivity contribution is -0.139. The van der Waals surface area contributed by atoms with Crippen LogP contribution in [0.25, 0.3) is 0 Å². The van der Waals surface area contributed by atoms with Crippen molar-refractivity contribution in [3.05, 3.63) is 59.8 Å². The Morgan fingerprint density at radius 3 is 2.55 bits per heavy atom. The SMILES string of the molecule is COCC(=O)N(C)[C@@H](Cc1ccc(F)cc1)C1CCN(C(=O)CCc2ccco2)CC1. The number of rotatable bonds is 9. The van der Waals surface area contributed by atoms with Gasteiger partial charge in [0, 0.05) is 46.1 Å². The van der Waals surface area contributed by atoms with Gasteiger partial charge in [-0.1, -0.05) is 12.1 Å². The highest BCUT2D eigenvalue weighted by molar-refractivity contribution is 5.77. The van der Waals surface area contributed by atoms with Crippen LogP contribution in [0.15, 0.2) is 47.1 Å². The molecule has 0 bridgehead atoms. The minimum absolute atomic E-state index is 0.0283. The highest BCUT2D eigenvalue weighted by Gasteiger charge is 2.32. The Labute approximate surface area is 183 Å². The third-order valence-electron chi connectivity index (χ3n) is 6.12. The predicted molar refractivity (Wildman–Crippen MR) is 115 cm³/mol. The number of furan rings is 1. The molecule has 168 valence electrons. The van der Waals surface area contributed by atoms with Crippen molar-refractivity contribution in [1.82, 2.24) is 9.80 Å². The first-order valence-corrected chi connectivity index (χ1v) is 10.8. The van der Waals surface area contributed by atoms with E-state index in [1.54, 1.807) is 30.3 Å². The quantitative estimate of drug-likeness (QED) is 0.612. The number of methoxy groups -OCH3 is 1. The fourth-order valence-electron chi connectivity index (χ4n) is 4.27. The van der Waals surface area contributed by atoms with E-state index >= 15 is 0 Å². The second kappa shape index (κ2) is 11.1. The monoisotopic (exact) mass is 430 g/mol. The second-order valence-electron chi connectivity index (χ2n) is 8.13. The number of aryl methyl sites for hydroxylation is 1. The molecule has 0 radical (unpaired) electrons. The molecule has 2 heterocycles. The Kier molecular flexibility index (Phi) is 8.23. The maximum atomic E-state index is 13.3. The summed E-state index contributed by atoms with van der Waals surface area (Å²) in [5.41, 5.74) is 0.987. The molecule has 3 rings (SSSR count). The summed E-state index contributed by atoms with van der Waals surface area (Å²) in [5, 5.41) is 0. The number of amides is 2. The molecule has 0 unspecified atom stereocenters. The lowest BCUT2D eigenvalue weighted by atomic mass is 9.84. The van der Waals surface area contributed by atoms with Crippen LogP contribution in [0.1, 0.15) is 30.6 Å². The summed E-state index contributed by atoms with van der Waals surface area (Å²) in [6, 6.07) is 10.1. The zero-order valence-corrected chi connectivity index (χ0v) is 18.3. The van der Waals surface area contributed by atoms with Crippen molar-refractivity contribution in [2.45, 2.75) is 38.1 Å². The van der Waals surface area contributed by atoms with E-state index in [4.69, 9.17) is 9.15 Å². The zero-order chi connectivity index (χ0) is 22.2. The average Bonchev–Trinajstić information content (AvgIpc) is 3.31. The smallest absolute Gasteiger partial charge is 0.248 e. The Balaban J connectivity index is 1.60. The number of nitrogens with zero attached hydrogens (tertiary/aromatic N) is 2. The molecular formula is C24H31FN2O4. The second-order valence-corrected chi connectivity index (χ2v) is 8.13. The molecule has 2 amide bonds. The van der Waals surface area contributed by atoms with Gasteiger partial charge in [0.25, 0.3) is 0 Å². The highest BCUT2D eigenvalue weighted by Crippen LogP contribution is 2.27. The lowest BCUT2D eigenvalue weighted by Crippen LogP contribution is -2.49. The summed E-state index contributed by atoms with van der Waals surface area (Å²) < 4.78 is 23.7. The molecular weight excluding hydrogens is 399 g/mol.